The molecular formula is C26H45N5O4. The Balaban J connectivity index is 1.24. The van der Waals surface area contributed by atoms with E-state index < -0.39 is 6.10 Å². The number of rotatable bonds is 8. The van der Waals surface area contributed by atoms with Crippen LogP contribution in [0.2, 0.25) is 0 Å². The molecule has 9 nitrogen and oxygen atoms in total. The van der Waals surface area contributed by atoms with Gasteiger partial charge in [-0.25, -0.2) is 9.48 Å². The highest BCUT2D eigenvalue weighted by Gasteiger charge is 2.33. The highest BCUT2D eigenvalue weighted by Crippen LogP contribution is 2.32. The number of carbonyl (C=O) groups excluding carboxylic acids is 1. The monoisotopic (exact) mass is 491 g/mol. The fourth-order valence-corrected chi connectivity index (χ4v) is 6.26. The van der Waals surface area contributed by atoms with Gasteiger partial charge in [0, 0.05) is 57.8 Å². The zero-order valence-corrected chi connectivity index (χ0v) is 22.1. The number of ether oxygens (including phenoxy) is 2. The van der Waals surface area contributed by atoms with Gasteiger partial charge in [0.2, 0.25) is 0 Å². The Morgan fingerprint density at radius 2 is 1.46 bits per heavy atom. The highest BCUT2D eigenvalue weighted by molar-refractivity contribution is 5.69. The van der Waals surface area contributed by atoms with Crippen molar-refractivity contribution in [2.24, 2.45) is 0 Å². The van der Waals surface area contributed by atoms with E-state index >= 15 is 0 Å². The van der Waals surface area contributed by atoms with Crippen molar-refractivity contribution in [1.29, 1.82) is 0 Å². The fraction of sp³-hybridized carbons (Fsp3) is 0.885. The Kier molecular flexibility index (Phi) is 9.05. The van der Waals surface area contributed by atoms with Crippen molar-refractivity contribution >= 4 is 5.97 Å². The first kappa shape index (κ1) is 26.4. The second kappa shape index (κ2) is 12.0. The third-order valence-electron chi connectivity index (χ3n) is 8.81. The summed E-state index contributed by atoms with van der Waals surface area (Å²) in [5.41, 5.74) is -0.0999. The molecule has 0 spiro atoms. The summed E-state index contributed by atoms with van der Waals surface area (Å²) >= 11 is 0. The maximum atomic E-state index is 13.1. The van der Waals surface area contributed by atoms with Gasteiger partial charge in [-0.15, -0.1) is 0 Å². The minimum Gasteiger partial charge on any atom is -0.460 e. The van der Waals surface area contributed by atoms with Gasteiger partial charge in [-0.1, -0.05) is 6.92 Å². The van der Waals surface area contributed by atoms with Crippen LogP contribution in [0.5, 0.6) is 0 Å². The fourth-order valence-electron chi connectivity index (χ4n) is 6.26. The summed E-state index contributed by atoms with van der Waals surface area (Å²) < 4.78 is 14.2. The van der Waals surface area contributed by atoms with Gasteiger partial charge in [0.1, 0.15) is 12.4 Å². The third-order valence-corrected chi connectivity index (χ3v) is 8.81. The number of methoxy groups -OCH3 is 1. The molecule has 9 heteroatoms. The maximum Gasteiger partial charge on any atom is 0.346 e. The molecule has 2 atom stereocenters. The third kappa shape index (κ3) is 6.17. The molecule has 0 N–H and O–H groups in total. The van der Waals surface area contributed by atoms with Crippen molar-refractivity contribution in [1.82, 2.24) is 24.1 Å². The second-order valence-corrected chi connectivity index (χ2v) is 10.8. The summed E-state index contributed by atoms with van der Waals surface area (Å²) in [6.07, 6.45) is 11.3. The van der Waals surface area contributed by atoms with Crippen LogP contribution in [0.4, 0.5) is 0 Å². The summed E-state index contributed by atoms with van der Waals surface area (Å²) in [6, 6.07) is 1.26. The summed E-state index contributed by atoms with van der Waals surface area (Å²) in [5.74, 6) is -0.255. The molecule has 0 amide bonds. The van der Waals surface area contributed by atoms with E-state index in [9.17, 15) is 9.59 Å². The average molecular weight is 492 g/mol. The van der Waals surface area contributed by atoms with E-state index in [0.717, 1.165) is 44.8 Å². The lowest BCUT2D eigenvalue weighted by atomic mass is 9.89. The smallest absolute Gasteiger partial charge is 0.346 e. The first-order valence-corrected chi connectivity index (χ1v) is 13.8. The molecule has 0 radical (unpaired) electrons. The molecule has 3 fully saturated rings. The molecule has 1 aliphatic heterocycles. The van der Waals surface area contributed by atoms with E-state index in [4.69, 9.17) is 9.47 Å². The molecule has 4 rings (SSSR count). The maximum absolute atomic E-state index is 13.1. The zero-order chi connectivity index (χ0) is 24.9. The van der Waals surface area contributed by atoms with Crippen molar-refractivity contribution in [3.05, 3.63) is 16.8 Å². The highest BCUT2D eigenvalue weighted by atomic mass is 16.5. The Labute approximate surface area is 209 Å². The van der Waals surface area contributed by atoms with Crippen LogP contribution in [-0.2, 0) is 14.3 Å². The molecule has 198 valence electrons. The molecule has 2 aliphatic carbocycles. The summed E-state index contributed by atoms with van der Waals surface area (Å²) in [5, 5.41) is 4.37. The summed E-state index contributed by atoms with van der Waals surface area (Å²) in [6.45, 7) is 10.1. The van der Waals surface area contributed by atoms with Crippen LogP contribution in [0.25, 0.3) is 0 Å². The number of hydrogen-bond donors (Lipinski definition) is 0. The molecule has 2 heterocycles. The van der Waals surface area contributed by atoms with Gasteiger partial charge in [-0.3, -0.25) is 19.2 Å². The topological polar surface area (TPSA) is 81.8 Å². The van der Waals surface area contributed by atoms with E-state index in [1.54, 1.807) is 17.8 Å². The summed E-state index contributed by atoms with van der Waals surface area (Å²) in [7, 11) is 1.84. The van der Waals surface area contributed by atoms with Crippen LogP contribution < -0.4 is 5.69 Å². The van der Waals surface area contributed by atoms with E-state index in [-0.39, 0.29) is 23.7 Å². The molecule has 1 aromatic rings. The van der Waals surface area contributed by atoms with E-state index in [0.29, 0.717) is 18.6 Å². The van der Waals surface area contributed by atoms with Crippen molar-refractivity contribution in [3.63, 3.8) is 0 Å². The first-order chi connectivity index (χ1) is 16.9. The number of hydrogen-bond acceptors (Lipinski definition) is 7. The SMILES string of the molecule is CCC(=O)OC(C)[C@H](C)n1ncn(C2CCC(N3CCN(C4CCC(OC)CC4)CC3)CC2)c1=O. The quantitative estimate of drug-likeness (QED) is 0.517. The van der Waals surface area contributed by atoms with Crippen molar-refractivity contribution in [2.45, 2.75) is 115 Å². The number of piperazine rings is 1. The van der Waals surface area contributed by atoms with E-state index in [1.165, 1.54) is 43.5 Å². The molecule has 3 aliphatic rings. The predicted octanol–water partition coefficient (Wildman–Crippen LogP) is 3.01. The van der Waals surface area contributed by atoms with Crippen LogP contribution in [0.15, 0.2) is 11.1 Å². The lowest BCUT2D eigenvalue weighted by Crippen LogP contribution is -2.54. The van der Waals surface area contributed by atoms with Crippen LogP contribution in [0.1, 0.15) is 90.6 Å². The van der Waals surface area contributed by atoms with Crippen LogP contribution in [-0.4, -0.2) is 87.7 Å². The van der Waals surface area contributed by atoms with E-state index in [1.807, 2.05) is 21.0 Å². The normalized spacial score (nSPS) is 30.6. The minimum atomic E-state index is -0.395. The number of carbonyl (C=O) groups is 1. The molecule has 0 aromatic carbocycles. The van der Waals surface area contributed by atoms with Gasteiger partial charge >= 0.3 is 11.7 Å². The van der Waals surface area contributed by atoms with Crippen molar-refractivity contribution < 1.29 is 14.3 Å². The Morgan fingerprint density at radius 3 is 1.97 bits per heavy atom. The lowest BCUT2D eigenvalue weighted by molar-refractivity contribution is -0.149. The van der Waals surface area contributed by atoms with Crippen LogP contribution in [0.3, 0.4) is 0 Å². The Morgan fingerprint density at radius 1 is 0.943 bits per heavy atom. The van der Waals surface area contributed by atoms with Gasteiger partial charge in [0.15, 0.2) is 0 Å². The molecule has 1 aromatic heterocycles. The van der Waals surface area contributed by atoms with Crippen molar-refractivity contribution in [2.75, 3.05) is 33.3 Å². The first-order valence-electron chi connectivity index (χ1n) is 13.8. The van der Waals surface area contributed by atoms with Gasteiger partial charge in [0.05, 0.1) is 12.1 Å². The molecule has 1 unspecified atom stereocenters. The zero-order valence-electron chi connectivity index (χ0n) is 22.1. The number of esters is 1. The van der Waals surface area contributed by atoms with Gasteiger partial charge in [0.25, 0.3) is 0 Å². The largest absolute Gasteiger partial charge is 0.460 e. The molecule has 1 saturated heterocycles. The Bertz CT molecular complexity index is 861. The minimum absolute atomic E-state index is 0.0999. The van der Waals surface area contributed by atoms with Crippen LogP contribution in [0, 0.1) is 0 Å². The standard InChI is InChI=1S/C26H45N5O4/c1-5-25(32)35-20(3)19(2)31-26(33)30(18-27-31)23-8-6-21(7-9-23)28-14-16-29(17-15-28)22-10-12-24(34-4)13-11-22/h18-24H,5-17H2,1-4H3/t19-,20?,21?,22?,23?,24?/m0/s1. The molecular weight excluding hydrogens is 446 g/mol. The van der Waals surface area contributed by atoms with Crippen molar-refractivity contribution in [3.8, 4) is 0 Å². The predicted molar refractivity (Wildman–Crippen MR) is 135 cm³/mol. The second-order valence-electron chi connectivity index (χ2n) is 10.8. The molecule has 0 bridgehead atoms. The van der Waals surface area contributed by atoms with E-state index in [2.05, 4.69) is 14.9 Å². The average Bonchev–Trinajstić information content (AvgIpc) is 3.29. The number of nitrogens with zero attached hydrogens (tertiary/aromatic N) is 5. The molecule has 35 heavy (non-hydrogen) atoms. The Hall–Kier alpha value is -1.71. The van der Waals surface area contributed by atoms with Gasteiger partial charge < -0.3 is 9.47 Å². The lowest BCUT2D eigenvalue weighted by Gasteiger charge is -2.45. The molecule has 2 saturated carbocycles. The van der Waals surface area contributed by atoms with Gasteiger partial charge in [-0.2, -0.15) is 5.10 Å². The van der Waals surface area contributed by atoms with Gasteiger partial charge in [-0.05, 0) is 65.2 Å². The summed E-state index contributed by atoms with van der Waals surface area (Å²) in [4.78, 5) is 30.1. The number of aromatic nitrogens is 3. The van der Waals surface area contributed by atoms with Crippen LogP contribution >= 0.6 is 0 Å².